The Hall–Kier alpha value is -1.73. The number of aromatic nitrogens is 2. The van der Waals surface area contributed by atoms with Gasteiger partial charge < -0.3 is 9.84 Å². The van der Waals surface area contributed by atoms with Crippen molar-refractivity contribution in [2.24, 2.45) is 0 Å². The molecule has 0 radical (unpaired) electrons. The van der Waals surface area contributed by atoms with Gasteiger partial charge in [0.15, 0.2) is 0 Å². The first kappa shape index (κ1) is 31.5. The van der Waals surface area contributed by atoms with Crippen LogP contribution in [0, 0.1) is 0 Å². The van der Waals surface area contributed by atoms with E-state index in [-0.39, 0.29) is 28.3 Å². The second-order valence-corrected chi connectivity index (χ2v) is 10.3. The lowest BCUT2D eigenvalue weighted by Crippen LogP contribution is -2.08. The zero-order valence-corrected chi connectivity index (χ0v) is 22.3. The average Bonchev–Trinajstić information content (AvgIpc) is 2.78. The van der Waals surface area contributed by atoms with Gasteiger partial charge in [-0.2, -0.15) is 26.3 Å². The molecular weight excluding hydrogens is 609 g/mol. The van der Waals surface area contributed by atoms with Crippen LogP contribution in [0.25, 0.3) is 0 Å². The molecule has 0 unspecified atom stereocenters. The summed E-state index contributed by atoms with van der Waals surface area (Å²) >= 11 is 19.3. The van der Waals surface area contributed by atoms with Crippen LogP contribution < -0.4 is 4.74 Å². The van der Waals surface area contributed by atoms with Gasteiger partial charge >= 0.3 is 18.4 Å². The van der Waals surface area contributed by atoms with E-state index < -0.39 is 25.2 Å². The van der Waals surface area contributed by atoms with Crippen molar-refractivity contribution in [2.45, 2.75) is 35.0 Å². The van der Waals surface area contributed by atoms with E-state index >= 15 is 0 Å². The smallest absolute Gasteiger partial charge is 0.389 e. The summed E-state index contributed by atoms with van der Waals surface area (Å²) in [5.41, 5.74) is 0. The lowest BCUT2D eigenvalue weighted by Gasteiger charge is -2.12. The van der Waals surface area contributed by atoms with E-state index in [0.717, 1.165) is 23.5 Å². The summed E-state index contributed by atoms with van der Waals surface area (Å²) in [6, 6.07) is 9.27. The Kier molecular flexibility index (Phi) is 12.3. The van der Waals surface area contributed by atoms with Gasteiger partial charge in [-0.25, -0.2) is 9.97 Å². The molecule has 202 valence electrons. The van der Waals surface area contributed by atoms with Crippen LogP contribution in [0.2, 0.25) is 15.1 Å². The molecule has 0 spiro atoms. The fourth-order valence-electron chi connectivity index (χ4n) is 2.34. The number of rotatable bonds is 8. The maximum atomic E-state index is 12.2. The molecule has 1 N–H and O–H groups in total. The van der Waals surface area contributed by atoms with Gasteiger partial charge in [-0.15, -0.1) is 23.5 Å². The molecule has 0 aliphatic rings. The molecule has 2 aromatic carbocycles. The summed E-state index contributed by atoms with van der Waals surface area (Å²) < 4.78 is 77.7. The average molecular weight is 626 g/mol. The minimum atomic E-state index is -4.21. The molecule has 0 fully saturated rings. The van der Waals surface area contributed by atoms with Gasteiger partial charge in [0.2, 0.25) is 0 Å². The predicted octanol–water partition coefficient (Wildman–Crippen LogP) is 9.71. The van der Waals surface area contributed by atoms with Crippen LogP contribution in [0.1, 0.15) is 12.8 Å². The van der Waals surface area contributed by atoms with Crippen molar-refractivity contribution < 1.29 is 36.2 Å². The first-order valence-electron chi connectivity index (χ1n) is 10.1. The highest BCUT2D eigenvalue weighted by Gasteiger charge is 2.27. The molecule has 37 heavy (non-hydrogen) atoms. The highest BCUT2D eigenvalue weighted by molar-refractivity contribution is 7.99. The van der Waals surface area contributed by atoms with Gasteiger partial charge in [0.1, 0.15) is 11.5 Å². The van der Waals surface area contributed by atoms with Crippen LogP contribution in [-0.4, -0.2) is 38.9 Å². The zero-order chi connectivity index (χ0) is 27.6. The highest BCUT2D eigenvalue weighted by Crippen LogP contribution is 2.39. The molecule has 1 aromatic heterocycles. The highest BCUT2D eigenvalue weighted by atomic mass is 35.5. The number of hydrogen-bond acceptors (Lipinski definition) is 6. The fourth-order valence-corrected chi connectivity index (χ4v) is 5.05. The Bertz CT molecular complexity index is 1130. The van der Waals surface area contributed by atoms with E-state index in [1.165, 1.54) is 30.6 Å². The van der Waals surface area contributed by atoms with E-state index in [4.69, 9.17) is 39.5 Å². The van der Waals surface area contributed by atoms with Crippen molar-refractivity contribution in [1.29, 1.82) is 0 Å². The number of phenols is 1. The minimum absolute atomic E-state index is 0.0318. The molecule has 0 saturated heterocycles. The number of nitrogens with zero attached hydrogens (tertiary/aromatic N) is 2. The van der Waals surface area contributed by atoms with Crippen LogP contribution in [0.3, 0.4) is 0 Å². The van der Waals surface area contributed by atoms with E-state index in [9.17, 15) is 31.4 Å². The molecule has 0 atom stereocenters. The number of benzene rings is 2. The molecule has 0 bridgehead atoms. The van der Waals surface area contributed by atoms with Crippen LogP contribution in [0.4, 0.5) is 26.3 Å². The lowest BCUT2D eigenvalue weighted by molar-refractivity contribution is -0.130. The van der Waals surface area contributed by atoms with Gasteiger partial charge in [-0.1, -0.05) is 46.9 Å². The zero-order valence-electron chi connectivity index (χ0n) is 18.4. The van der Waals surface area contributed by atoms with Gasteiger partial charge in [-0.05, 0) is 24.3 Å². The van der Waals surface area contributed by atoms with E-state index in [2.05, 4.69) is 9.97 Å². The Morgan fingerprint density at radius 3 is 1.76 bits per heavy atom. The normalized spacial score (nSPS) is 11.6. The summed E-state index contributed by atoms with van der Waals surface area (Å²) in [7, 11) is 0. The number of alkyl halides is 6. The number of thioether (sulfide) groups is 2. The third-order valence-corrected chi connectivity index (χ3v) is 7.23. The Morgan fingerprint density at radius 2 is 1.24 bits per heavy atom. The van der Waals surface area contributed by atoms with Crippen LogP contribution in [-0.2, 0) is 0 Å². The van der Waals surface area contributed by atoms with E-state index in [1.54, 1.807) is 18.2 Å². The molecule has 0 aliphatic heterocycles. The number of hydrogen-bond donors (Lipinski definition) is 1. The number of phenolic OH excluding ortho intramolecular Hbond substituents is 1. The Balaban J connectivity index is 0.000000281. The van der Waals surface area contributed by atoms with Crippen LogP contribution in [0.5, 0.6) is 17.5 Å². The summed E-state index contributed by atoms with van der Waals surface area (Å²) in [5.74, 6) is -0.108. The minimum Gasteiger partial charge on any atom is -0.507 e. The summed E-state index contributed by atoms with van der Waals surface area (Å²) in [6.45, 7) is 0. The predicted molar refractivity (Wildman–Crippen MR) is 134 cm³/mol. The molecular formula is C22H17Cl3F6N2O2S2. The Morgan fingerprint density at radius 1 is 0.757 bits per heavy atom. The molecule has 3 rings (SSSR count). The number of aromatic hydroxyl groups is 1. The first-order valence-corrected chi connectivity index (χ1v) is 13.2. The van der Waals surface area contributed by atoms with Crippen LogP contribution in [0.15, 0.2) is 58.6 Å². The second kappa shape index (κ2) is 14.4. The first-order chi connectivity index (χ1) is 17.2. The molecule has 4 nitrogen and oxygen atoms in total. The summed E-state index contributed by atoms with van der Waals surface area (Å²) in [5, 5.41) is 10.3. The quantitative estimate of drug-likeness (QED) is 0.199. The van der Waals surface area contributed by atoms with Gasteiger partial charge in [0.05, 0.1) is 50.1 Å². The Labute approximate surface area is 231 Å². The number of halogens is 9. The summed E-state index contributed by atoms with van der Waals surface area (Å²) in [4.78, 5) is 8.44. The lowest BCUT2D eigenvalue weighted by atomic mass is 10.3. The number of ether oxygens (including phenoxy) is 1. The van der Waals surface area contributed by atoms with E-state index in [1.807, 2.05) is 0 Å². The second-order valence-electron chi connectivity index (χ2n) is 6.87. The molecule has 15 heteroatoms. The molecule has 0 saturated carbocycles. The molecule has 3 aromatic rings. The largest absolute Gasteiger partial charge is 0.507 e. The monoisotopic (exact) mass is 624 g/mol. The van der Waals surface area contributed by atoms with Gasteiger partial charge in [0.25, 0.3) is 0 Å². The van der Waals surface area contributed by atoms with Gasteiger partial charge in [0, 0.05) is 11.5 Å². The van der Waals surface area contributed by atoms with Crippen LogP contribution >= 0.6 is 58.3 Å². The fraction of sp³-hybridized carbons (Fsp3) is 0.273. The van der Waals surface area contributed by atoms with Gasteiger partial charge in [-0.3, -0.25) is 0 Å². The third kappa shape index (κ3) is 12.1. The topological polar surface area (TPSA) is 55.2 Å². The van der Waals surface area contributed by atoms with Crippen molar-refractivity contribution in [1.82, 2.24) is 9.97 Å². The summed E-state index contributed by atoms with van der Waals surface area (Å²) in [6.07, 6.45) is -7.50. The molecule has 0 aliphatic carbocycles. The molecule has 0 amide bonds. The maximum Gasteiger partial charge on any atom is 0.389 e. The van der Waals surface area contributed by atoms with Crippen molar-refractivity contribution >= 4 is 58.3 Å². The maximum absolute atomic E-state index is 12.2. The standard InChI is InChI=1S/C13H9Cl2F3N2OS.C9H8ClF3OS/c14-8-6-19-12(20-7-8)21-10-3-1-2-9(15)11(10)22-5-4-13(16,17)18;10-6-2-1-3-7(14)8(6)15-5-4-9(11,12)13/h1-3,6-7H,4-5H2;1-3,14H,4-5H2. The van der Waals surface area contributed by atoms with E-state index in [0.29, 0.717) is 25.6 Å². The van der Waals surface area contributed by atoms with Crippen molar-refractivity contribution in [3.63, 3.8) is 0 Å². The van der Waals surface area contributed by atoms with Crippen molar-refractivity contribution in [2.75, 3.05) is 11.5 Å². The van der Waals surface area contributed by atoms with Crippen molar-refractivity contribution in [3.8, 4) is 17.5 Å². The van der Waals surface area contributed by atoms with Crippen molar-refractivity contribution in [3.05, 3.63) is 63.9 Å². The third-order valence-electron chi connectivity index (χ3n) is 3.94. The molecule has 1 heterocycles. The SMILES string of the molecule is FC(F)(F)CCSc1c(Cl)cccc1Oc1ncc(Cl)cn1.Oc1cccc(Cl)c1SCCC(F)(F)F.